The predicted molar refractivity (Wildman–Crippen MR) is 136 cm³/mol. The molecule has 1 aliphatic rings. The van der Waals surface area contributed by atoms with Crippen LogP contribution in [0, 0.1) is 17.0 Å². The fourth-order valence-corrected chi connectivity index (χ4v) is 4.27. The van der Waals surface area contributed by atoms with Crippen LogP contribution in [-0.4, -0.2) is 33.6 Å². The van der Waals surface area contributed by atoms with E-state index in [9.17, 15) is 24.5 Å². The summed E-state index contributed by atoms with van der Waals surface area (Å²) < 4.78 is 0. The molecule has 1 unspecified atom stereocenters. The van der Waals surface area contributed by atoms with Gasteiger partial charge in [-0.2, -0.15) is 0 Å². The Labute approximate surface area is 209 Å². The van der Waals surface area contributed by atoms with E-state index >= 15 is 0 Å². The molecule has 3 aromatic carbocycles. The number of anilines is 1. The Bertz CT molecular complexity index is 1320. The molecule has 1 atom stereocenters. The Morgan fingerprint density at radius 3 is 2.33 bits per heavy atom. The van der Waals surface area contributed by atoms with E-state index in [1.165, 1.54) is 29.2 Å². The average Bonchev–Trinajstić information content (AvgIpc) is 3.16. The highest BCUT2D eigenvalue weighted by atomic mass is 16.6. The summed E-state index contributed by atoms with van der Waals surface area (Å²) in [5.41, 5.74) is 3.21. The van der Waals surface area contributed by atoms with Gasteiger partial charge in [-0.1, -0.05) is 61.9 Å². The fourth-order valence-electron chi connectivity index (χ4n) is 4.27. The van der Waals surface area contributed by atoms with Crippen molar-refractivity contribution < 1.29 is 19.3 Å². The second kappa shape index (κ2) is 10.1. The third-order valence-electron chi connectivity index (χ3n) is 6.36. The minimum absolute atomic E-state index is 0.0750. The quantitative estimate of drug-likeness (QED) is 0.266. The summed E-state index contributed by atoms with van der Waals surface area (Å²) in [5, 5.41) is 11.3. The summed E-state index contributed by atoms with van der Waals surface area (Å²) >= 11 is 0. The molecule has 184 valence electrons. The zero-order chi connectivity index (χ0) is 26.0. The monoisotopic (exact) mass is 485 g/mol. The van der Waals surface area contributed by atoms with E-state index in [0.717, 1.165) is 21.6 Å². The summed E-state index contributed by atoms with van der Waals surface area (Å²) in [6, 6.07) is 19.1. The highest BCUT2D eigenvalue weighted by Crippen LogP contribution is 2.29. The van der Waals surface area contributed by atoms with Crippen LogP contribution in [0.1, 0.15) is 53.2 Å². The summed E-state index contributed by atoms with van der Waals surface area (Å²) in [5.74, 6) is -1.15. The summed E-state index contributed by atoms with van der Waals surface area (Å²) in [6.45, 7) is 6.13. The molecule has 0 N–H and O–H groups in total. The van der Waals surface area contributed by atoms with Crippen LogP contribution < -0.4 is 4.90 Å². The molecular weight excluding hydrogens is 458 g/mol. The van der Waals surface area contributed by atoms with Crippen LogP contribution in [-0.2, 0) is 16.1 Å². The highest BCUT2D eigenvalue weighted by molar-refractivity contribution is 6.23. The number of nitro benzene ring substituents is 1. The van der Waals surface area contributed by atoms with E-state index in [1.807, 2.05) is 43.3 Å². The molecule has 8 nitrogen and oxygen atoms in total. The van der Waals surface area contributed by atoms with Gasteiger partial charge in [0.15, 0.2) is 0 Å². The van der Waals surface area contributed by atoms with Gasteiger partial charge in [0, 0.05) is 24.2 Å². The van der Waals surface area contributed by atoms with Gasteiger partial charge in [0.05, 0.1) is 17.0 Å². The molecule has 0 spiro atoms. The van der Waals surface area contributed by atoms with Gasteiger partial charge in [-0.25, -0.2) is 4.90 Å². The maximum atomic E-state index is 13.6. The molecule has 36 heavy (non-hydrogen) atoms. The molecule has 1 aliphatic heterocycles. The lowest BCUT2D eigenvalue weighted by atomic mass is 10.0. The number of nitrogens with zero attached hydrogens (tertiary/aromatic N) is 3. The third-order valence-corrected chi connectivity index (χ3v) is 6.36. The van der Waals surface area contributed by atoms with Crippen LogP contribution in [0.25, 0.3) is 0 Å². The second-order valence-electron chi connectivity index (χ2n) is 9.26. The van der Waals surface area contributed by atoms with E-state index in [2.05, 4.69) is 13.8 Å². The number of aryl methyl sites for hydroxylation is 1. The molecule has 3 amide bonds. The van der Waals surface area contributed by atoms with Crippen molar-refractivity contribution in [1.29, 1.82) is 0 Å². The van der Waals surface area contributed by atoms with Gasteiger partial charge < -0.3 is 4.90 Å². The largest absolute Gasteiger partial charge is 0.322 e. The highest BCUT2D eigenvalue weighted by Gasteiger charge is 2.44. The standard InChI is InChI=1S/C28H27N3O5/c1-18(2)21-11-13-23(14-12-21)30-26(32)16-25(28(30)34)29(17-20-9-7-19(3)8-10-20)27(33)22-5-4-6-24(15-22)31(35)36/h4-15,18,25H,16-17H2,1-3H3. The molecule has 8 heteroatoms. The molecule has 1 saturated heterocycles. The van der Waals surface area contributed by atoms with E-state index in [1.54, 1.807) is 12.1 Å². The number of hydrogen-bond acceptors (Lipinski definition) is 5. The number of amides is 3. The lowest BCUT2D eigenvalue weighted by Gasteiger charge is -2.28. The van der Waals surface area contributed by atoms with Crippen LogP contribution >= 0.6 is 0 Å². The maximum absolute atomic E-state index is 13.6. The number of carbonyl (C=O) groups is 3. The fraction of sp³-hybridized carbons (Fsp3) is 0.250. The van der Waals surface area contributed by atoms with Gasteiger partial charge in [0.25, 0.3) is 17.5 Å². The first-order valence-corrected chi connectivity index (χ1v) is 11.7. The molecule has 1 fully saturated rings. The number of imide groups is 1. The van der Waals surface area contributed by atoms with Crippen LogP contribution in [0.4, 0.5) is 11.4 Å². The lowest BCUT2D eigenvalue weighted by Crippen LogP contribution is -2.45. The Hall–Kier alpha value is -4.33. The molecule has 3 aromatic rings. The van der Waals surface area contributed by atoms with E-state index in [4.69, 9.17) is 0 Å². The molecule has 1 heterocycles. The van der Waals surface area contributed by atoms with E-state index in [0.29, 0.717) is 11.6 Å². The predicted octanol–water partition coefficient (Wildman–Crippen LogP) is 5.00. The summed E-state index contributed by atoms with van der Waals surface area (Å²) in [7, 11) is 0. The zero-order valence-corrected chi connectivity index (χ0v) is 20.4. The zero-order valence-electron chi connectivity index (χ0n) is 20.4. The van der Waals surface area contributed by atoms with Crippen molar-refractivity contribution in [3.8, 4) is 0 Å². The Balaban J connectivity index is 1.69. The van der Waals surface area contributed by atoms with Crippen molar-refractivity contribution in [3.05, 3.63) is 105 Å². The molecule has 4 rings (SSSR count). The van der Waals surface area contributed by atoms with Crippen molar-refractivity contribution in [2.45, 2.75) is 45.7 Å². The van der Waals surface area contributed by atoms with Gasteiger partial charge in [-0.05, 0) is 42.2 Å². The first kappa shape index (κ1) is 24.8. The minimum Gasteiger partial charge on any atom is -0.322 e. The normalized spacial score (nSPS) is 15.4. The lowest BCUT2D eigenvalue weighted by molar-refractivity contribution is -0.384. The topological polar surface area (TPSA) is 101 Å². The van der Waals surface area contributed by atoms with Crippen molar-refractivity contribution in [2.75, 3.05) is 4.90 Å². The molecule has 0 saturated carbocycles. The van der Waals surface area contributed by atoms with Crippen molar-refractivity contribution in [1.82, 2.24) is 4.90 Å². The van der Waals surface area contributed by atoms with E-state index in [-0.39, 0.29) is 24.2 Å². The molecule has 0 radical (unpaired) electrons. The molecule has 0 bridgehead atoms. The minimum atomic E-state index is -1.03. The van der Waals surface area contributed by atoms with Gasteiger partial charge in [0.2, 0.25) is 5.91 Å². The smallest absolute Gasteiger partial charge is 0.270 e. The van der Waals surface area contributed by atoms with Crippen molar-refractivity contribution >= 4 is 29.1 Å². The van der Waals surface area contributed by atoms with Gasteiger partial charge >= 0.3 is 0 Å². The third kappa shape index (κ3) is 5.02. The average molecular weight is 486 g/mol. The molecular formula is C28H27N3O5. The number of non-ortho nitro benzene ring substituents is 1. The summed E-state index contributed by atoms with van der Waals surface area (Å²) in [6.07, 6.45) is -0.169. The number of rotatable bonds is 7. The van der Waals surface area contributed by atoms with Crippen LogP contribution in [0.15, 0.2) is 72.8 Å². The molecule has 0 aromatic heterocycles. The van der Waals surface area contributed by atoms with Gasteiger partial charge in [-0.15, -0.1) is 0 Å². The van der Waals surface area contributed by atoms with Crippen LogP contribution in [0.3, 0.4) is 0 Å². The first-order chi connectivity index (χ1) is 17.2. The van der Waals surface area contributed by atoms with Crippen LogP contribution in [0.5, 0.6) is 0 Å². The maximum Gasteiger partial charge on any atom is 0.270 e. The Morgan fingerprint density at radius 2 is 1.72 bits per heavy atom. The first-order valence-electron chi connectivity index (χ1n) is 11.7. The number of carbonyl (C=O) groups excluding carboxylic acids is 3. The van der Waals surface area contributed by atoms with Crippen molar-refractivity contribution in [3.63, 3.8) is 0 Å². The second-order valence-corrected chi connectivity index (χ2v) is 9.26. The number of benzene rings is 3. The number of nitro groups is 1. The van der Waals surface area contributed by atoms with E-state index < -0.39 is 28.7 Å². The SMILES string of the molecule is Cc1ccc(CN(C(=O)c2cccc([N+](=O)[O-])c2)C2CC(=O)N(c3ccc(C(C)C)cc3)C2=O)cc1. The summed E-state index contributed by atoms with van der Waals surface area (Å²) in [4.78, 5) is 53.3. The Morgan fingerprint density at radius 1 is 1.06 bits per heavy atom. The Kier molecular flexibility index (Phi) is 6.96. The van der Waals surface area contributed by atoms with Gasteiger partial charge in [0.1, 0.15) is 6.04 Å². The molecule has 0 aliphatic carbocycles. The van der Waals surface area contributed by atoms with Crippen LogP contribution in [0.2, 0.25) is 0 Å². The number of hydrogen-bond donors (Lipinski definition) is 0. The van der Waals surface area contributed by atoms with Crippen molar-refractivity contribution in [2.24, 2.45) is 0 Å². The van der Waals surface area contributed by atoms with Gasteiger partial charge in [-0.3, -0.25) is 24.5 Å².